The molecule has 0 saturated heterocycles. The van der Waals surface area contributed by atoms with E-state index in [1.54, 1.807) is 0 Å². The van der Waals surface area contributed by atoms with Crippen molar-refractivity contribution in [3.05, 3.63) is 93.1 Å². The van der Waals surface area contributed by atoms with Gasteiger partial charge >= 0.3 is 0 Å². The van der Waals surface area contributed by atoms with Crippen molar-refractivity contribution in [2.45, 2.75) is 82.7 Å². The quantitative estimate of drug-likeness (QED) is 0.154. The maximum absolute atomic E-state index is 10.4. The van der Waals surface area contributed by atoms with Crippen LogP contribution >= 0.6 is 0 Å². The minimum Gasteiger partial charge on any atom is -0.491 e. The zero-order valence-electron chi connectivity index (χ0n) is 31.3. The summed E-state index contributed by atoms with van der Waals surface area (Å²) in [4.78, 5) is 4.61. The third-order valence-electron chi connectivity index (χ3n) is 11.6. The van der Waals surface area contributed by atoms with Crippen LogP contribution in [0.25, 0.3) is 0 Å². The van der Waals surface area contributed by atoms with Crippen LogP contribution < -0.4 is 18.9 Å². The number of hydrogen-bond donors (Lipinski definition) is 0. The Bertz CT molecular complexity index is 2100. The van der Waals surface area contributed by atoms with Gasteiger partial charge in [0.15, 0.2) is 34.5 Å². The van der Waals surface area contributed by atoms with Crippen molar-refractivity contribution in [3.8, 4) is 46.6 Å². The molecule has 0 amide bonds. The summed E-state index contributed by atoms with van der Waals surface area (Å²) < 4.78 is 24.9. The maximum atomic E-state index is 10.4. The van der Waals surface area contributed by atoms with Gasteiger partial charge in [0.2, 0.25) is 0 Å². The molecule has 1 unspecified atom stereocenters. The fourth-order valence-electron chi connectivity index (χ4n) is 9.84. The van der Waals surface area contributed by atoms with Gasteiger partial charge in [-0.1, -0.05) is 45.9 Å². The monoisotopic (exact) mass is 684 g/mol. The maximum Gasteiger partial charge on any atom is 0.193 e. The molecule has 8 nitrogen and oxygen atoms in total. The number of nitriles is 2. The summed E-state index contributed by atoms with van der Waals surface area (Å²) in [5.41, 5.74) is 10.7. The minimum absolute atomic E-state index is 0.0624. The average Bonchev–Trinajstić information content (AvgIpc) is 3.42. The number of fused-ring (bicyclic) bond motifs is 7. The molecule has 0 aromatic heterocycles. The molecule has 1 spiro atoms. The molecule has 3 aromatic carbocycles. The summed E-state index contributed by atoms with van der Waals surface area (Å²) in [6.45, 7) is 20.5. The Labute approximate surface area is 302 Å². The van der Waals surface area contributed by atoms with E-state index in [0.29, 0.717) is 24.6 Å². The van der Waals surface area contributed by atoms with Gasteiger partial charge in [-0.15, -0.1) is 13.2 Å². The third-order valence-corrected chi connectivity index (χ3v) is 11.6. The van der Waals surface area contributed by atoms with Crippen molar-refractivity contribution < 1.29 is 18.9 Å². The number of ether oxygens (including phenoxy) is 4. The van der Waals surface area contributed by atoms with Gasteiger partial charge in [-0.2, -0.15) is 10.5 Å². The van der Waals surface area contributed by atoms with Gasteiger partial charge in [0, 0.05) is 37.2 Å². The first kappa shape index (κ1) is 34.7. The number of hydrogen-bond acceptors (Lipinski definition) is 8. The summed E-state index contributed by atoms with van der Waals surface area (Å²) in [6, 6.07) is 9.13. The lowest BCUT2D eigenvalue weighted by molar-refractivity contribution is 0.313. The lowest BCUT2D eigenvalue weighted by Crippen LogP contribution is -2.32. The summed E-state index contributed by atoms with van der Waals surface area (Å²) in [5.74, 6) is 1.71. The van der Waals surface area contributed by atoms with Crippen molar-refractivity contribution >= 4 is 0 Å². The van der Waals surface area contributed by atoms with E-state index in [9.17, 15) is 10.5 Å². The largest absolute Gasteiger partial charge is 0.491 e. The zero-order valence-corrected chi connectivity index (χ0v) is 31.3. The Kier molecular flexibility index (Phi) is 8.29. The van der Waals surface area contributed by atoms with E-state index < -0.39 is 0 Å². The van der Waals surface area contributed by atoms with Crippen molar-refractivity contribution in [3.63, 3.8) is 0 Å². The minimum atomic E-state index is -0.289. The highest BCUT2D eigenvalue weighted by Gasteiger charge is 2.59. The molecule has 7 rings (SSSR count). The van der Waals surface area contributed by atoms with E-state index in [4.69, 9.17) is 18.9 Å². The van der Waals surface area contributed by atoms with Crippen LogP contribution in [-0.2, 0) is 42.2 Å². The van der Waals surface area contributed by atoms with Gasteiger partial charge in [0.25, 0.3) is 0 Å². The first-order chi connectivity index (χ1) is 24.3. The highest BCUT2D eigenvalue weighted by molar-refractivity contribution is 5.78. The lowest BCUT2D eigenvalue weighted by Gasteiger charge is -2.37. The van der Waals surface area contributed by atoms with Crippen LogP contribution in [0.1, 0.15) is 96.2 Å². The van der Waals surface area contributed by atoms with E-state index >= 15 is 0 Å². The van der Waals surface area contributed by atoms with Gasteiger partial charge in [0.1, 0.15) is 23.3 Å². The normalized spacial score (nSPS) is 19.4. The molecule has 264 valence electrons. The van der Waals surface area contributed by atoms with E-state index in [0.717, 1.165) is 44.3 Å². The fraction of sp³-hybridized carbons (Fsp3) is 0.442. The molecule has 3 aromatic rings. The van der Waals surface area contributed by atoms with Gasteiger partial charge in [-0.05, 0) is 95.6 Å². The van der Waals surface area contributed by atoms with Crippen molar-refractivity contribution in [1.29, 1.82) is 10.5 Å². The van der Waals surface area contributed by atoms with Gasteiger partial charge in [-0.3, -0.25) is 9.80 Å². The average molecular weight is 685 g/mol. The fourth-order valence-corrected chi connectivity index (χ4v) is 9.84. The summed E-state index contributed by atoms with van der Waals surface area (Å²) in [6.07, 6.45) is 8.02. The SMILES string of the molecule is C=CCN(C)Cc1c2c(cc3c1C1(CC3(C)C)CC(C)(C)c3cc4c(c(CN(C)CC=C)c31)Oc1c(C#N)c(OC)c(OC)c(C#N)c1O4)CC2. The molecule has 0 fully saturated rings. The molecular weight excluding hydrogens is 636 g/mol. The molecular formula is C43H48N4O4. The van der Waals surface area contributed by atoms with Crippen molar-refractivity contribution in [2.75, 3.05) is 41.4 Å². The number of rotatable bonds is 10. The van der Waals surface area contributed by atoms with Gasteiger partial charge in [0.05, 0.1) is 14.2 Å². The van der Waals surface area contributed by atoms with Crippen LogP contribution in [0, 0.1) is 22.7 Å². The second-order valence-corrected chi connectivity index (χ2v) is 16.1. The predicted molar refractivity (Wildman–Crippen MR) is 199 cm³/mol. The van der Waals surface area contributed by atoms with Crippen LogP contribution in [0.4, 0.5) is 0 Å². The Balaban J connectivity index is 1.55. The highest BCUT2D eigenvalue weighted by Crippen LogP contribution is 2.68. The second kappa shape index (κ2) is 12.2. The topological polar surface area (TPSA) is 91.0 Å². The van der Waals surface area contributed by atoms with E-state index in [2.05, 4.69) is 89.0 Å². The Morgan fingerprint density at radius 3 is 1.76 bits per heavy atom. The molecule has 1 heterocycles. The van der Waals surface area contributed by atoms with E-state index in [-0.39, 0.29) is 50.4 Å². The molecule has 0 radical (unpaired) electrons. The molecule has 8 heteroatoms. The summed E-state index contributed by atoms with van der Waals surface area (Å²) in [7, 11) is 7.18. The number of methoxy groups -OCH3 is 2. The number of likely N-dealkylation sites (N-methyl/N-ethyl adjacent to an activating group) is 2. The van der Waals surface area contributed by atoms with Crippen molar-refractivity contribution in [1.82, 2.24) is 9.80 Å². The van der Waals surface area contributed by atoms with Crippen LogP contribution in [0.3, 0.4) is 0 Å². The van der Waals surface area contributed by atoms with Crippen LogP contribution in [0.5, 0.6) is 34.5 Å². The molecule has 0 saturated carbocycles. The van der Waals surface area contributed by atoms with Gasteiger partial charge < -0.3 is 18.9 Å². The number of nitrogens with zero attached hydrogens (tertiary/aromatic N) is 4. The van der Waals surface area contributed by atoms with Crippen molar-refractivity contribution in [2.24, 2.45) is 0 Å². The summed E-state index contributed by atoms with van der Waals surface area (Å²) >= 11 is 0. The second-order valence-electron chi connectivity index (χ2n) is 16.1. The van der Waals surface area contributed by atoms with Gasteiger partial charge in [-0.25, -0.2) is 0 Å². The highest BCUT2D eigenvalue weighted by atomic mass is 16.6. The Morgan fingerprint density at radius 1 is 0.765 bits per heavy atom. The first-order valence-corrected chi connectivity index (χ1v) is 17.8. The van der Waals surface area contributed by atoms with Crippen LogP contribution in [0.2, 0.25) is 0 Å². The number of aryl methyl sites for hydroxylation is 1. The first-order valence-electron chi connectivity index (χ1n) is 17.8. The molecule has 1 atom stereocenters. The Hall–Kier alpha value is -4.76. The zero-order chi connectivity index (χ0) is 36.6. The van der Waals surface area contributed by atoms with E-state index in [1.807, 2.05) is 12.2 Å². The van der Waals surface area contributed by atoms with E-state index in [1.165, 1.54) is 53.2 Å². The molecule has 1 aliphatic heterocycles. The molecule has 0 bridgehead atoms. The molecule has 3 aliphatic carbocycles. The summed E-state index contributed by atoms with van der Waals surface area (Å²) in [5, 5.41) is 20.8. The molecule has 0 N–H and O–H groups in total. The smallest absolute Gasteiger partial charge is 0.193 e. The Morgan fingerprint density at radius 2 is 1.27 bits per heavy atom. The van der Waals surface area contributed by atoms with Crippen LogP contribution in [-0.4, -0.2) is 51.2 Å². The predicted octanol–water partition coefficient (Wildman–Crippen LogP) is 8.33. The van der Waals surface area contributed by atoms with Crippen LogP contribution in [0.15, 0.2) is 37.4 Å². The molecule has 4 aliphatic rings. The molecule has 51 heavy (non-hydrogen) atoms. The number of benzene rings is 3. The lowest BCUT2D eigenvalue weighted by atomic mass is 9.68. The third kappa shape index (κ3) is 4.99. The standard InChI is InChI=1S/C43H48N4O4/c1-11-15-46(7)21-29-26-14-13-25(26)17-31-34(29)43(23-41(31,3)4)24-42(5,6)32-18-33-36(30(35(32)43)22-47(8)16-12-2)51-40-28(20-45)38(49-10)37(48-9)27(19-44)39(40)50-33/h11-12,17-18H,1-2,13-16,21-24H2,3-10H3.